The molecule has 6 heterocycles. The van der Waals surface area contributed by atoms with Gasteiger partial charge in [-0.3, -0.25) is 9.59 Å². The normalized spacial score (nSPS) is 48.1. The van der Waals surface area contributed by atoms with Crippen LogP contribution >= 0.6 is 0 Å². The van der Waals surface area contributed by atoms with Crippen molar-refractivity contribution in [3.8, 4) is 0 Å². The lowest BCUT2D eigenvalue weighted by Crippen LogP contribution is -2.70. The third-order valence-electron chi connectivity index (χ3n) is 14.2. The van der Waals surface area contributed by atoms with E-state index in [1.807, 2.05) is 0 Å². The summed E-state index contributed by atoms with van der Waals surface area (Å²) in [6, 6.07) is -3.45. The van der Waals surface area contributed by atoms with Gasteiger partial charge in [0.2, 0.25) is 11.8 Å². The predicted octanol–water partition coefficient (Wildman–Crippen LogP) is -13.6. The first-order valence-electron chi connectivity index (χ1n) is 24.6. The molecule has 0 aromatic carbocycles. The summed E-state index contributed by atoms with van der Waals surface area (Å²) >= 11 is 0. The van der Waals surface area contributed by atoms with Crippen molar-refractivity contribution in [3.05, 3.63) is 0 Å². The number of carboxylic acids is 1. The average Bonchev–Trinajstić information content (AvgIpc) is 3.46. The molecule has 21 N–H and O–H groups in total. The van der Waals surface area contributed by atoms with Crippen molar-refractivity contribution in [1.82, 2.24) is 10.6 Å². The van der Waals surface area contributed by atoms with Gasteiger partial charge in [0.25, 0.3) is 5.79 Å². The Labute approximate surface area is 441 Å². The molecule has 0 aromatic rings. The molecule has 6 fully saturated rings. The van der Waals surface area contributed by atoms with Crippen molar-refractivity contribution in [2.45, 2.75) is 217 Å². The van der Waals surface area contributed by atoms with Gasteiger partial charge in [0.1, 0.15) is 134 Å². The molecule has 6 aliphatic heterocycles. The Bertz CT molecular complexity index is 1950. The van der Waals surface area contributed by atoms with Crippen LogP contribution in [0.3, 0.4) is 0 Å². The van der Waals surface area contributed by atoms with E-state index in [0.29, 0.717) is 0 Å². The number of carboxylic acid groups (broad SMARTS) is 1. The van der Waals surface area contributed by atoms with Gasteiger partial charge in [0, 0.05) is 20.3 Å². The molecule has 6 aliphatic rings. The molecule has 0 bridgehead atoms. The SMILES string of the molecule is CC(=O)N[C@H]1[C@H](O[C@H]2[C@@H](O)[C@@H](CO)O[C@@H](O[C@H]3[C@H](O[C@@H]4O[C@@H](C)[C@@H](O)[C@@H](O)[C@@H]4O)[C@@H](O)[C@@H](O)O[C@@H]3CO)[C@@H]2O)O[C@H](CO)[C@@H](O[C@@H]2O[C@H](CO[C@@]3(C(=O)O)C[C@H](O)[C@@H](NC(C)=O)[C@H]([C@H](O)[C@H](O)CO)O3)[C@H](O)[C@H](O)[C@H]2O)[C@@H]1O. The second-order valence-electron chi connectivity index (χ2n) is 19.7. The Balaban J connectivity index is 1.20. The number of nitrogens with one attached hydrogen (secondary N) is 2. The summed E-state index contributed by atoms with van der Waals surface area (Å²) in [5.74, 6) is -6.65. The molecule has 35 nitrogen and oxygen atoms in total. The molecule has 0 aliphatic carbocycles. The summed E-state index contributed by atoms with van der Waals surface area (Å²) in [5, 5.41) is 208. The molecule has 0 spiro atoms. The third-order valence-corrected chi connectivity index (χ3v) is 14.2. The molecule has 35 heteroatoms. The van der Waals surface area contributed by atoms with Gasteiger partial charge < -0.3 is 160 Å². The van der Waals surface area contributed by atoms with E-state index in [9.17, 15) is 111 Å². The Morgan fingerprint density at radius 1 is 0.538 bits per heavy atom. The topological polar surface area (TPSA) is 561 Å². The molecule has 78 heavy (non-hydrogen) atoms. The van der Waals surface area contributed by atoms with Crippen molar-refractivity contribution in [2.75, 3.05) is 33.0 Å². The van der Waals surface area contributed by atoms with E-state index >= 15 is 0 Å². The summed E-state index contributed by atoms with van der Waals surface area (Å²) in [5.41, 5.74) is 0. The van der Waals surface area contributed by atoms with Crippen LogP contribution in [0.25, 0.3) is 0 Å². The fourth-order valence-corrected chi connectivity index (χ4v) is 9.85. The molecule has 0 unspecified atom stereocenters. The van der Waals surface area contributed by atoms with Gasteiger partial charge in [-0.15, -0.1) is 0 Å². The summed E-state index contributed by atoms with van der Waals surface area (Å²) in [6.45, 7) is -2.10. The quantitative estimate of drug-likeness (QED) is 0.0538. The monoisotopic (exact) mass is 1140 g/mol. The smallest absolute Gasteiger partial charge is 0.364 e. The van der Waals surface area contributed by atoms with Crippen LogP contribution in [0.1, 0.15) is 27.2 Å². The van der Waals surface area contributed by atoms with Gasteiger partial charge in [-0.2, -0.15) is 0 Å². The number of carbonyl (C=O) groups is 3. The Morgan fingerprint density at radius 2 is 1.04 bits per heavy atom. The first-order valence-corrected chi connectivity index (χ1v) is 24.6. The van der Waals surface area contributed by atoms with Crippen LogP contribution in [0.2, 0.25) is 0 Å². The first kappa shape index (κ1) is 64.4. The van der Waals surface area contributed by atoms with Crippen LogP contribution in [0.4, 0.5) is 0 Å². The highest BCUT2D eigenvalue weighted by atomic mass is 16.8. The number of rotatable bonds is 20. The second kappa shape index (κ2) is 27.1. The predicted molar refractivity (Wildman–Crippen MR) is 238 cm³/mol. The van der Waals surface area contributed by atoms with Gasteiger partial charge >= 0.3 is 5.97 Å². The first-order chi connectivity index (χ1) is 36.6. The highest BCUT2D eigenvalue weighted by molar-refractivity contribution is 5.76. The number of ether oxygens (including phenoxy) is 11. The maximum absolute atomic E-state index is 12.8. The number of carbonyl (C=O) groups excluding carboxylic acids is 2. The van der Waals surface area contributed by atoms with E-state index in [1.165, 1.54) is 6.92 Å². The lowest BCUT2D eigenvalue weighted by atomic mass is 9.88. The van der Waals surface area contributed by atoms with E-state index in [2.05, 4.69) is 10.6 Å². The molecule has 31 atom stereocenters. The zero-order valence-corrected chi connectivity index (χ0v) is 41.8. The van der Waals surface area contributed by atoms with Crippen LogP contribution in [0.15, 0.2) is 0 Å². The standard InChI is InChI=1S/C43H72N2O33/c1-10-21(54)26(59)28(61)39(69-10)77-36-30(63)37(65)70-17(8-49)33(36)75-41-31(64)35(24(57)15(6-47)71-41)76-38-20(45-12(3)51)25(58)32(16(7-48)72-38)74-40-29(62)27(60)23(56)18(73-40)9-68-43(42(66)67)4-13(52)19(44-11(2)50)34(78-43)22(55)14(53)5-46/h10,13-41,46-49,52-65H,4-9H2,1-3H3,(H,44,50)(H,45,51)(H,66,67)/t10-,13-,14+,15+,16+,17+,18+,19+,20+,21+,22+,23-,24-,25+,26+,27-,28-,29+,30+,31+,32+,33+,34+,35-,36+,37-,38-,39-,40-,41-,43-/m0/s1. The van der Waals surface area contributed by atoms with Gasteiger partial charge in [-0.1, -0.05) is 0 Å². The van der Waals surface area contributed by atoms with Gasteiger partial charge in [0.05, 0.1) is 51.3 Å². The Morgan fingerprint density at radius 3 is 1.62 bits per heavy atom. The minimum absolute atomic E-state index is 0.789. The minimum Gasteiger partial charge on any atom is -0.477 e. The molecular weight excluding hydrogens is 1070 g/mol. The van der Waals surface area contributed by atoms with Crippen LogP contribution in [-0.4, -0.2) is 338 Å². The van der Waals surface area contributed by atoms with Gasteiger partial charge in [-0.25, -0.2) is 4.79 Å². The lowest BCUT2D eigenvalue weighted by molar-refractivity contribution is -0.392. The van der Waals surface area contributed by atoms with Gasteiger partial charge in [0.15, 0.2) is 31.5 Å². The van der Waals surface area contributed by atoms with Crippen molar-refractivity contribution in [1.29, 1.82) is 0 Å². The van der Waals surface area contributed by atoms with Crippen molar-refractivity contribution >= 4 is 17.8 Å². The third kappa shape index (κ3) is 13.7. The molecule has 2 amide bonds. The van der Waals surface area contributed by atoms with E-state index in [4.69, 9.17) is 52.1 Å². The van der Waals surface area contributed by atoms with Crippen molar-refractivity contribution in [2.24, 2.45) is 0 Å². The van der Waals surface area contributed by atoms with Crippen molar-refractivity contribution < 1.29 is 164 Å². The van der Waals surface area contributed by atoms with E-state index in [1.54, 1.807) is 0 Å². The van der Waals surface area contributed by atoms with Crippen molar-refractivity contribution in [3.63, 3.8) is 0 Å². The van der Waals surface area contributed by atoms with E-state index < -0.39 is 247 Å². The molecule has 0 saturated carbocycles. The molecule has 6 saturated heterocycles. The number of hydrogen-bond donors (Lipinski definition) is 21. The van der Waals surface area contributed by atoms with E-state index in [-0.39, 0.29) is 0 Å². The zero-order chi connectivity index (χ0) is 58.0. The fraction of sp³-hybridized carbons (Fsp3) is 0.930. The Hall–Kier alpha value is -2.75. The average molecular weight is 1150 g/mol. The highest BCUT2D eigenvalue weighted by Gasteiger charge is 2.59. The van der Waals surface area contributed by atoms with Gasteiger partial charge in [-0.05, 0) is 6.92 Å². The van der Waals surface area contributed by atoms with Crippen LogP contribution < -0.4 is 10.6 Å². The summed E-state index contributed by atoms with van der Waals surface area (Å²) < 4.78 is 62.5. The minimum atomic E-state index is -2.99. The van der Waals surface area contributed by atoms with Crippen LogP contribution in [-0.2, 0) is 66.5 Å². The largest absolute Gasteiger partial charge is 0.477 e. The maximum atomic E-state index is 12.8. The highest BCUT2D eigenvalue weighted by Crippen LogP contribution is 2.38. The fourth-order valence-electron chi connectivity index (χ4n) is 9.85. The molecular formula is C43H72N2O33. The number of amides is 2. The maximum Gasteiger partial charge on any atom is 0.364 e. The summed E-state index contributed by atoms with van der Waals surface area (Å²) in [7, 11) is 0. The van der Waals surface area contributed by atoms with Crippen LogP contribution in [0, 0.1) is 0 Å². The number of aliphatic carboxylic acids is 1. The summed E-state index contributed by atoms with van der Waals surface area (Å²) in [6.07, 6.45) is -56.0. The molecule has 452 valence electrons. The summed E-state index contributed by atoms with van der Waals surface area (Å²) in [4.78, 5) is 37.4. The zero-order valence-electron chi connectivity index (χ0n) is 41.8. The molecule has 0 radical (unpaired) electrons. The Kier molecular flexibility index (Phi) is 22.4. The van der Waals surface area contributed by atoms with E-state index in [0.717, 1.165) is 13.8 Å². The van der Waals surface area contributed by atoms with Crippen LogP contribution in [0.5, 0.6) is 0 Å². The number of aliphatic hydroxyl groups is 18. The second-order valence-corrected chi connectivity index (χ2v) is 19.7. The number of hydrogen-bond acceptors (Lipinski definition) is 32. The molecule has 6 rings (SSSR count). The lowest BCUT2D eigenvalue weighted by Gasteiger charge is -2.50. The number of aliphatic hydroxyl groups excluding tert-OH is 18. The molecule has 0 aromatic heterocycles.